The first-order valence-electron chi connectivity index (χ1n) is 4.58. The van der Waals surface area contributed by atoms with Gasteiger partial charge in [0.15, 0.2) is 0 Å². The molecule has 0 saturated carbocycles. The molecule has 1 unspecified atom stereocenters. The average Bonchev–Trinajstić information content (AvgIpc) is 2.06. The van der Waals surface area contributed by atoms with Gasteiger partial charge in [-0.3, -0.25) is 0 Å². The van der Waals surface area contributed by atoms with E-state index in [2.05, 4.69) is 6.58 Å². The second-order valence-electron chi connectivity index (χ2n) is 3.74. The third-order valence-electron chi connectivity index (χ3n) is 2.66. The van der Waals surface area contributed by atoms with Crippen LogP contribution >= 0.6 is 0 Å². The minimum atomic E-state index is -0.578. The van der Waals surface area contributed by atoms with Crippen LogP contribution < -0.4 is 0 Å². The Morgan fingerprint density at radius 3 is 2.67 bits per heavy atom. The zero-order chi connectivity index (χ0) is 9.03. The minimum absolute atomic E-state index is 0.379. The lowest BCUT2D eigenvalue weighted by Crippen LogP contribution is -2.37. The van der Waals surface area contributed by atoms with Crippen LogP contribution in [0.5, 0.6) is 0 Å². The SMILES string of the molecule is C=CCC(C)(O)C1CCOCC1. The molecule has 1 aliphatic heterocycles. The quantitative estimate of drug-likeness (QED) is 0.654. The predicted molar refractivity (Wildman–Crippen MR) is 49.0 cm³/mol. The highest BCUT2D eigenvalue weighted by atomic mass is 16.5. The lowest BCUT2D eigenvalue weighted by molar-refractivity contribution is -0.0514. The Kier molecular flexibility index (Phi) is 3.29. The molecule has 70 valence electrons. The second-order valence-corrected chi connectivity index (χ2v) is 3.74. The van der Waals surface area contributed by atoms with Crippen LogP contribution in [0.3, 0.4) is 0 Å². The van der Waals surface area contributed by atoms with Crippen molar-refractivity contribution in [3.8, 4) is 0 Å². The van der Waals surface area contributed by atoms with Crippen molar-refractivity contribution in [1.82, 2.24) is 0 Å². The van der Waals surface area contributed by atoms with Gasteiger partial charge in [-0.25, -0.2) is 0 Å². The van der Waals surface area contributed by atoms with Crippen molar-refractivity contribution in [3.63, 3.8) is 0 Å². The normalized spacial score (nSPS) is 24.8. The molecular formula is C10H18O2. The van der Waals surface area contributed by atoms with Crippen molar-refractivity contribution >= 4 is 0 Å². The molecule has 1 atom stereocenters. The first kappa shape index (κ1) is 9.75. The van der Waals surface area contributed by atoms with Crippen LogP contribution in [-0.4, -0.2) is 23.9 Å². The number of hydrogen-bond acceptors (Lipinski definition) is 2. The summed E-state index contributed by atoms with van der Waals surface area (Å²) in [6.45, 7) is 7.12. The zero-order valence-corrected chi connectivity index (χ0v) is 7.75. The number of ether oxygens (including phenoxy) is 1. The molecule has 0 radical (unpaired) electrons. The van der Waals surface area contributed by atoms with Crippen LogP contribution in [0, 0.1) is 5.92 Å². The summed E-state index contributed by atoms with van der Waals surface area (Å²) in [6.07, 6.45) is 4.41. The zero-order valence-electron chi connectivity index (χ0n) is 7.75. The van der Waals surface area contributed by atoms with Crippen molar-refractivity contribution in [2.45, 2.75) is 31.8 Å². The van der Waals surface area contributed by atoms with Crippen LogP contribution in [0.2, 0.25) is 0 Å². The molecule has 1 saturated heterocycles. The first-order valence-corrected chi connectivity index (χ1v) is 4.58. The Hall–Kier alpha value is -0.340. The van der Waals surface area contributed by atoms with Gasteiger partial charge in [-0.2, -0.15) is 0 Å². The fourth-order valence-corrected chi connectivity index (χ4v) is 1.78. The van der Waals surface area contributed by atoms with Gasteiger partial charge in [0.25, 0.3) is 0 Å². The summed E-state index contributed by atoms with van der Waals surface area (Å²) in [6, 6.07) is 0. The van der Waals surface area contributed by atoms with E-state index in [-0.39, 0.29) is 0 Å². The molecule has 0 aromatic carbocycles. The van der Waals surface area contributed by atoms with Crippen LogP contribution in [0.15, 0.2) is 12.7 Å². The Labute approximate surface area is 74.2 Å². The van der Waals surface area contributed by atoms with Gasteiger partial charge < -0.3 is 9.84 Å². The topological polar surface area (TPSA) is 29.5 Å². The van der Waals surface area contributed by atoms with Crippen molar-refractivity contribution < 1.29 is 9.84 Å². The summed E-state index contributed by atoms with van der Waals surface area (Å²) in [5.74, 6) is 0.379. The van der Waals surface area contributed by atoms with Gasteiger partial charge in [0.1, 0.15) is 0 Å². The highest BCUT2D eigenvalue weighted by Gasteiger charge is 2.31. The summed E-state index contributed by atoms with van der Waals surface area (Å²) >= 11 is 0. The van der Waals surface area contributed by atoms with Gasteiger partial charge in [-0.05, 0) is 32.1 Å². The molecule has 2 heteroatoms. The molecule has 0 bridgehead atoms. The lowest BCUT2D eigenvalue weighted by atomic mass is 9.81. The van der Waals surface area contributed by atoms with Crippen LogP contribution in [-0.2, 0) is 4.74 Å². The molecule has 1 aliphatic rings. The molecule has 0 aromatic heterocycles. The third-order valence-corrected chi connectivity index (χ3v) is 2.66. The minimum Gasteiger partial charge on any atom is -0.390 e. The van der Waals surface area contributed by atoms with E-state index in [1.165, 1.54) is 0 Å². The molecule has 1 heterocycles. The van der Waals surface area contributed by atoms with E-state index in [1.54, 1.807) is 6.08 Å². The Balaban J connectivity index is 2.47. The highest BCUT2D eigenvalue weighted by molar-refractivity contribution is 4.89. The summed E-state index contributed by atoms with van der Waals surface area (Å²) in [4.78, 5) is 0. The molecule has 0 aliphatic carbocycles. The van der Waals surface area contributed by atoms with E-state index in [0.29, 0.717) is 12.3 Å². The van der Waals surface area contributed by atoms with Crippen LogP contribution in [0.4, 0.5) is 0 Å². The average molecular weight is 170 g/mol. The molecule has 1 fully saturated rings. The summed E-state index contributed by atoms with van der Waals surface area (Å²) in [5, 5.41) is 10.0. The third kappa shape index (κ3) is 2.32. The first-order chi connectivity index (χ1) is 5.67. The smallest absolute Gasteiger partial charge is 0.0683 e. The summed E-state index contributed by atoms with van der Waals surface area (Å²) < 4.78 is 5.24. The van der Waals surface area contributed by atoms with Gasteiger partial charge in [0.2, 0.25) is 0 Å². The number of aliphatic hydroxyl groups is 1. The molecule has 12 heavy (non-hydrogen) atoms. The van der Waals surface area contributed by atoms with Gasteiger partial charge in [-0.1, -0.05) is 6.08 Å². The van der Waals surface area contributed by atoms with Gasteiger partial charge >= 0.3 is 0 Å². The molecule has 0 aromatic rings. The monoisotopic (exact) mass is 170 g/mol. The molecule has 0 amide bonds. The van der Waals surface area contributed by atoms with Gasteiger partial charge in [-0.15, -0.1) is 6.58 Å². The lowest BCUT2D eigenvalue weighted by Gasteiger charge is -2.34. The summed E-state index contributed by atoms with van der Waals surface area (Å²) in [5.41, 5.74) is -0.578. The van der Waals surface area contributed by atoms with Crippen LogP contribution in [0.25, 0.3) is 0 Å². The molecule has 1 rings (SSSR count). The largest absolute Gasteiger partial charge is 0.390 e. The number of rotatable bonds is 3. The Morgan fingerprint density at radius 1 is 1.58 bits per heavy atom. The fourth-order valence-electron chi connectivity index (χ4n) is 1.78. The van der Waals surface area contributed by atoms with Crippen molar-refractivity contribution in [2.75, 3.05) is 13.2 Å². The van der Waals surface area contributed by atoms with E-state index in [9.17, 15) is 5.11 Å². The van der Waals surface area contributed by atoms with Crippen molar-refractivity contribution in [3.05, 3.63) is 12.7 Å². The summed E-state index contributed by atoms with van der Waals surface area (Å²) in [7, 11) is 0. The maximum absolute atomic E-state index is 10.0. The fraction of sp³-hybridized carbons (Fsp3) is 0.800. The van der Waals surface area contributed by atoms with E-state index >= 15 is 0 Å². The maximum atomic E-state index is 10.0. The molecule has 0 spiro atoms. The van der Waals surface area contributed by atoms with E-state index in [1.807, 2.05) is 6.92 Å². The maximum Gasteiger partial charge on any atom is 0.0683 e. The Morgan fingerprint density at radius 2 is 2.17 bits per heavy atom. The van der Waals surface area contributed by atoms with Gasteiger partial charge in [0, 0.05) is 13.2 Å². The Bertz CT molecular complexity index is 146. The van der Waals surface area contributed by atoms with Crippen LogP contribution in [0.1, 0.15) is 26.2 Å². The molecule has 2 nitrogen and oxygen atoms in total. The standard InChI is InChI=1S/C10H18O2/c1-3-6-10(2,11)9-4-7-12-8-5-9/h3,9,11H,1,4-8H2,2H3. The second kappa shape index (κ2) is 4.06. The van der Waals surface area contributed by atoms with E-state index in [4.69, 9.17) is 4.74 Å². The molecular weight excluding hydrogens is 152 g/mol. The molecule has 1 N–H and O–H groups in total. The predicted octanol–water partition coefficient (Wildman–Crippen LogP) is 1.74. The highest BCUT2D eigenvalue weighted by Crippen LogP contribution is 2.29. The van der Waals surface area contributed by atoms with Crippen molar-refractivity contribution in [2.24, 2.45) is 5.92 Å². The van der Waals surface area contributed by atoms with Crippen molar-refractivity contribution in [1.29, 1.82) is 0 Å². The van der Waals surface area contributed by atoms with Gasteiger partial charge in [0.05, 0.1) is 5.60 Å². The number of hydrogen-bond donors (Lipinski definition) is 1. The van der Waals surface area contributed by atoms with E-state index < -0.39 is 5.60 Å². The van der Waals surface area contributed by atoms with E-state index in [0.717, 1.165) is 26.1 Å².